The van der Waals surface area contributed by atoms with Gasteiger partial charge in [-0.1, -0.05) is 60.0 Å². The van der Waals surface area contributed by atoms with Gasteiger partial charge >= 0.3 is 0 Å². The van der Waals surface area contributed by atoms with E-state index in [1.165, 1.54) is 18.2 Å². The summed E-state index contributed by atoms with van der Waals surface area (Å²) in [6.07, 6.45) is 2.01. The number of Topliss-reactive ketones (excluding diaryl/α,β-unsaturated/α-hetero) is 1. The number of imide groups is 1. The maximum absolute atomic E-state index is 13.5. The lowest BCUT2D eigenvalue weighted by molar-refractivity contribution is -0.154. The Hall–Kier alpha value is -2.70. The molecular formula is C25H24Cl2N2O4. The highest BCUT2D eigenvalue weighted by molar-refractivity contribution is 6.36. The van der Waals surface area contributed by atoms with Crippen LogP contribution in [0.2, 0.25) is 10.0 Å². The summed E-state index contributed by atoms with van der Waals surface area (Å²) in [7, 11) is 0. The predicted molar refractivity (Wildman–Crippen MR) is 125 cm³/mol. The van der Waals surface area contributed by atoms with Gasteiger partial charge in [-0.15, -0.1) is 0 Å². The van der Waals surface area contributed by atoms with Crippen molar-refractivity contribution in [2.45, 2.75) is 33.1 Å². The lowest BCUT2D eigenvalue weighted by Gasteiger charge is -2.30. The standard InChI is InChI=1S/C25H24Cl2N2O4/c1-14-3-6-16(7-4-14)22(30)13-28(23(31)19-10-8-17(26)12-21(19)27)29-24(32)18-9-5-15(2)11-20(18)25(29)33/h3-4,6-8,10,12,15,18,20H,5,9,11,13H2,1-2H3/t15-,18-,20-/m1/s1. The van der Waals surface area contributed by atoms with Gasteiger partial charge in [-0.25, -0.2) is 5.01 Å². The number of hydrogen-bond donors (Lipinski definition) is 0. The molecule has 0 spiro atoms. The summed E-state index contributed by atoms with van der Waals surface area (Å²) >= 11 is 12.2. The molecule has 1 heterocycles. The van der Waals surface area contributed by atoms with Gasteiger partial charge in [0.1, 0.15) is 6.54 Å². The Balaban J connectivity index is 1.71. The fraction of sp³-hybridized carbons (Fsp3) is 0.360. The van der Waals surface area contributed by atoms with Crippen molar-refractivity contribution >= 4 is 46.7 Å². The molecule has 0 N–H and O–H groups in total. The Kier molecular flexibility index (Phi) is 6.59. The number of rotatable bonds is 5. The van der Waals surface area contributed by atoms with Crippen molar-refractivity contribution < 1.29 is 19.2 Å². The Morgan fingerprint density at radius 3 is 2.33 bits per heavy atom. The largest absolute Gasteiger partial charge is 0.292 e. The van der Waals surface area contributed by atoms with E-state index in [0.717, 1.165) is 22.0 Å². The number of carbonyl (C=O) groups is 4. The molecule has 2 aromatic rings. The minimum Gasteiger partial charge on any atom is -0.292 e. The zero-order valence-electron chi connectivity index (χ0n) is 18.4. The second-order valence-electron chi connectivity index (χ2n) is 8.90. The summed E-state index contributed by atoms with van der Waals surface area (Å²) in [5.74, 6) is -2.61. The first kappa shape index (κ1) is 23.5. The number of aryl methyl sites for hydroxylation is 1. The van der Waals surface area contributed by atoms with Crippen LogP contribution in [0.3, 0.4) is 0 Å². The normalized spacial score (nSPS) is 22.3. The third-order valence-corrected chi connectivity index (χ3v) is 7.02. The number of hydrogen-bond acceptors (Lipinski definition) is 4. The molecule has 2 aromatic carbocycles. The van der Waals surface area contributed by atoms with Crippen molar-refractivity contribution in [3.05, 3.63) is 69.2 Å². The predicted octanol–water partition coefficient (Wildman–Crippen LogP) is 4.96. The Bertz CT molecular complexity index is 1130. The van der Waals surface area contributed by atoms with Crippen molar-refractivity contribution in [3.8, 4) is 0 Å². The van der Waals surface area contributed by atoms with Gasteiger partial charge in [0.2, 0.25) is 0 Å². The van der Waals surface area contributed by atoms with Gasteiger partial charge in [0.05, 0.1) is 22.4 Å². The van der Waals surface area contributed by atoms with Crippen LogP contribution in [0.15, 0.2) is 42.5 Å². The van der Waals surface area contributed by atoms with Crippen LogP contribution in [-0.4, -0.2) is 40.1 Å². The highest BCUT2D eigenvalue weighted by Crippen LogP contribution is 2.41. The van der Waals surface area contributed by atoms with Gasteiger partial charge < -0.3 is 0 Å². The van der Waals surface area contributed by atoms with E-state index in [-0.39, 0.29) is 10.6 Å². The van der Waals surface area contributed by atoms with Gasteiger partial charge in [-0.2, -0.15) is 5.01 Å². The van der Waals surface area contributed by atoms with Crippen LogP contribution in [0.25, 0.3) is 0 Å². The molecule has 2 aliphatic rings. The molecule has 1 saturated carbocycles. The minimum absolute atomic E-state index is 0.0570. The number of halogens is 2. The van der Waals surface area contributed by atoms with Crippen LogP contribution >= 0.6 is 23.2 Å². The summed E-state index contributed by atoms with van der Waals surface area (Å²) in [5.41, 5.74) is 1.42. The van der Waals surface area contributed by atoms with E-state index in [0.29, 0.717) is 29.3 Å². The molecule has 0 radical (unpaired) electrons. The lowest BCUT2D eigenvalue weighted by Crippen LogP contribution is -2.52. The van der Waals surface area contributed by atoms with Gasteiger partial charge in [-0.3, -0.25) is 19.2 Å². The first-order chi connectivity index (χ1) is 15.7. The van der Waals surface area contributed by atoms with Crippen LogP contribution in [0.1, 0.15) is 52.5 Å². The van der Waals surface area contributed by atoms with Gasteiger partial charge in [-0.05, 0) is 50.3 Å². The summed E-state index contributed by atoms with van der Waals surface area (Å²) in [4.78, 5) is 53.2. The molecule has 8 heteroatoms. The van der Waals surface area contributed by atoms with Gasteiger partial charge in [0, 0.05) is 10.6 Å². The third-order valence-electron chi connectivity index (χ3n) is 6.47. The van der Waals surface area contributed by atoms with Crippen molar-refractivity contribution in [3.63, 3.8) is 0 Å². The molecule has 0 bridgehead atoms. The first-order valence-corrected chi connectivity index (χ1v) is 11.7. The zero-order chi connectivity index (χ0) is 23.9. The number of benzene rings is 2. The van der Waals surface area contributed by atoms with E-state index in [1.54, 1.807) is 24.3 Å². The topological polar surface area (TPSA) is 74.8 Å². The minimum atomic E-state index is -0.703. The second-order valence-corrected chi connectivity index (χ2v) is 9.74. The summed E-state index contributed by atoms with van der Waals surface area (Å²) < 4.78 is 0. The van der Waals surface area contributed by atoms with E-state index in [9.17, 15) is 19.2 Å². The smallest absolute Gasteiger partial charge is 0.274 e. The van der Waals surface area contributed by atoms with Crippen molar-refractivity contribution in [2.24, 2.45) is 17.8 Å². The molecule has 1 saturated heterocycles. The highest BCUT2D eigenvalue weighted by Gasteiger charge is 2.53. The molecule has 2 fully saturated rings. The number of fused-ring (bicyclic) bond motifs is 1. The highest BCUT2D eigenvalue weighted by atomic mass is 35.5. The Morgan fingerprint density at radius 1 is 1.00 bits per heavy atom. The molecule has 1 aliphatic heterocycles. The van der Waals surface area contributed by atoms with E-state index >= 15 is 0 Å². The monoisotopic (exact) mass is 486 g/mol. The van der Waals surface area contributed by atoms with Crippen LogP contribution < -0.4 is 0 Å². The molecule has 6 nitrogen and oxygen atoms in total. The first-order valence-electron chi connectivity index (χ1n) is 10.9. The SMILES string of the molecule is Cc1ccc(C(=O)CN(C(=O)c2ccc(Cl)cc2Cl)N2C(=O)[C@@H]3CC[C@@H](C)C[C@H]3C2=O)cc1. The lowest BCUT2D eigenvalue weighted by atomic mass is 9.76. The maximum Gasteiger partial charge on any atom is 0.274 e. The number of hydrazine groups is 1. The molecule has 1 aliphatic carbocycles. The zero-order valence-corrected chi connectivity index (χ0v) is 19.9. The second kappa shape index (κ2) is 9.27. The molecule has 172 valence electrons. The molecule has 33 heavy (non-hydrogen) atoms. The summed E-state index contributed by atoms with van der Waals surface area (Å²) in [6, 6.07) is 11.2. The molecular weight excluding hydrogens is 463 g/mol. The van der Waals surface area contributed by atoms with Crippen molar-refractivity contribution in [1.82, 2.24) is 10.0 Å². The molecule has 0 aromatic heterocycles. The van der Waals surface area contributed by atoms with E-state index in [2.05, 4.69) is 0 Å². The van der Waals surface area contributed by atoms with E-state index in [4.69, 9.17) is 23.2 Å². The Morgan fingerprint density at radius 2 is 1.67 bits per heavy atom. The maximum atomic E-state index is 13.5. The molecule has 4 rings (SSSR count). The van der Waals surface area contributed by atoms with Crippen molar-refractivity contribution in [2.75, 3.05) is 6.54 Å². The van der Waals surface area contributed by atoms with E-state index < -0.39 is 41.9 Å². The third kappa shape index (κ3) is 4.55. The van der Waals surface area contributed by atoms with Gasteiger partial charge in [0.15, 0.2) is 5.78 Å². The van der Waals surface area contributed by atoms with Crippen LogP contribution in [0, 0.1) is 24.7 Å². The van der Waals surface area contributed by atoms with Crippen LogP contribution in [0.5, 0.6) is 0 Å². The molecule has 3 atom stereocenters. The number of amides is 3. The fourth-order valence-electron chi connectivity index (χ4n) is 4.61. The summed E-state index contributed by atoms with van der Waals surface area (Å²) in [5, 5.41) is 2.25. The van der Waals surface area contributed by atoms with Crippen LogP contribution in [-0.2, 0) is 9.59 Å². The van der Waals surface area contributed by atoms with Crippen molar-refractivity contribution in [1.29, 1.82) is 0 Å². The average molecular weight is 487 g/mol. The average Bonchev–Trinajstić information content (AvgIpc) is 3.01. The Labute approximate surface area is 202 Å². The van der Waals surface area contributed by atoms with Gasteiger partial charge in [0.25, 0.3) is 17.7 Å². The quantitative estimate of drug-likeness (QED) is 0.441. The molecule has 0 unspecified atom stereocenters. The van der Waals surface area contributed by atoms with E-state index in [1.807, 2.05) is 13.8 Å². The molecule has 3 amide bonds. The number of carbonyl (C=O) groups excluding carboxylic acids is 4. The summed E-state index contributed by atoms with van der Waals surface area (Å²) in [6.45, 7) is 3.48. The number of ketones is 1. The van der Waals surface area contributed by atoms with Crippen LogP contribution in [0.4, 0.5) is 0 Å². The number of nitrogens with zero attached hydrogens (tertiary/aromatic N) is 2. The fourth-order valence-corrected chi connectivity index (χ4v) is 5.10.